The van der Waals surface area contributed by atoms with E-state index in [0.717, 1.165) is 44.5 Å². The molecule has 0 amide bonds. The number of rotatable bonds is 11. The van der Waals surface area contributed by atoms with Gasteiger partial charge < -0.3 is 25.0 Å². The average Bonchev–Trinajstić information content (AvgIpc) is 2.61. The predicted molar refractivity (Wildman–Crippen MR) is 97.2 cm³/mol. The highest BCUT2D eigenvalue weighted by molar-refractivity contribution is 6.27. The SMILES string of the molecule is COCCCNCCCCOc1ccc(C)cc1[N+](=O)[O-].O=C(O)C(=O)O. The molecule has 0 bridgehead atoms. The van der Waals surface area contributed by atoms with Gasteiger partial charge in [0, 0.05) is 19.8 Å². The molecule has 0 atom stereocenters. The molecule has 0 aliphatic carbocycles. The summed E-state index contributed by atoms with van der Waals surface area (Å²) in [6.07, 6.45) is 2.84. The Hall–Kier alpha value is -2.72. The largest absolute Gasteiger partial charge is 0.487 e. The minimum Gasteiger partial charge on any atom is -0.487 e. The van der Waals surface area contributed by atoms with Crippen LogP contribution in [0.4, 0.5) is 5.69 Å². The van der Waals surface area contributed by atoms with Gasteiger partial charge in [-0.1, -0.05) is 6.07 Å². The van der Waals surface area contributed by atoms with Crippen molar-refractivity contribution in [1.29, 1.82) is 0 Å². The number of methoxy groups -OCH3 is 1. The molecule has 152 valence electrons. The van der Waals surface area contributed by atoms with Gasteiger partial charge in [-0.15, -0.1) is 0 Å². The molecule has 10 nitrogen and oxygen atoms in total. The van der Waals surface area contributed by atoms with Crippen LogP contribution in [0, 0.1) is 17.0 Å². The van der Waals surface area contributed by atoms with Crippen molar-refractivity contribution in [3.05, 3.63) is 33.9 Å². The van der Waals surface area contributed by atoms with E-state index in [4.69, 9.17) is 29.3 Å². The highest BCUT2D eigenvalue weighted by atomic mass is 16.6. The smallest absolute Gasteiger partial charge is 0.414 e. The summed E-state index contributed by atoms with van der Waals surface area (Å²) in [4.78, 5) is 28.7. The second-order valence-electron chi connectivity index (χ2n) is 5.49. The topological polar surface area (TPSA) is 148 Å². The van der Waals surface area contributed by atoms with Gasteiger partial charge in [0.25, 0.3) is 0 Å². The van der Waals surface area contributed by atoms with E-state index in [1.54, 1.807) is 13.2 Å². The van der Waals surface area contributed by atoms with Gasteiger partial charge >= 0.3 is 17.6 Å². The number of aryl methyl sites for hydroxylation is 1. The maximum atomic E-state index is 10.9. The van der Waals surface area contributed by atoms with E-state index in [1.165, 1.54) is 6.07 Å². The van der Waals surface area contributed by atoms with E-state index in [-0.39, 0.29) is 5.69 Å². The zero-order valence-electron chi connectivity index (χ0n) is 15.5. The lowest BCUT2D eigenvalue weighted by atomic mass is 10.2. The van der Waals surface area contributed by atoms with Crippen LogP contribution in [0.5, 0.6) is 5.75 Å². The lowest BCUT2D eigenvalue weighted by Gasteiger charge is -2.08. The molecule has 3 N–H and O–H groups in total. The van der Waals surface area contributed by atoms with Crippen molar-refractivity contribution in [2.75, 3.05) is 33.4 Å². The highest BCUT2D eigenvalue weighted by Gasteiger charge is 2.14. The van der Waals surface area contributed by atoms with Crippen molar-refractivity contribution in [2.45, 2.75) is 26.2 Å². The van der Waals surface area contributed by atoms with Gasteiger partial charge in [0.1, 0.15) is 0 Å². The van der Waals surface area contributed by atoms with E-state index in [2.05, 4.69) is 5.32 Å². The zero-order chi connectivity index (χ0) is 20.7. The van der Waals surface area contributed by atoms with Crippen LogP contribution in [-0.2, 0) is 14.3 Å². The number of benzene rings is 1. The normalized spacial score (nSPS) is 9.85. The van der Waals surface area contributed by atoms with Gasteiger partial charge in [0.2, 0.25) is 0 Å². The Morgan fingerprint density at radius 3 is 2.30 bits per heavy atom. The Kier molecular flexibility index (Phi) is 13.0. The molecule has 0 aliphatic rings. The molecule has 27 heavy (non-hydrogen) atoms. The predicted octanol–water partition coefficient (Wildman–Crippen LogP) is 1.84. The number of hydrogen-bond acceptors (Lipinski definition) is 7. The summed E-state index contributed by atoms with van der Waals surface area (Å²) in [5, 5.41) is 29.0. The van der Waals surface area contributed by atoms with Crippen molar-refractivity contribution in [2.24, 2.45) is 0 Å². The maximum absolute atomic E-state index is 10.9. The molecule has 1 aromatic rings. The second kappa shape index (κ2) is 14.4. The lowest BCUT2D eigenvalue weighted by Crippen LogP contribution is -2.18. The first kappa shape index (κ1) is 24.3. The van der Waals surface area contributed by atoms with Crippen molar-refractivity contribution in [3.63, 3.8) is 0 Å². The standard InChI is InChI=1S/C15H24N2O4.C2H2O4/c1-13-6-7-15(14(12-13)17(18)19)21-11-4-3-8-16-9-5-10-20-2;3-1(4)2(5)6/h6-7,12,16H,3-5,8-11H2,1-2H3;(H,3,4)(H,5,6). The van der Waals surface area contributed by atoms with Crippen molar-refractivity contribution < 1.29 is 34.2 Å². The number of carboxylic acids is 2. The van der Waals surface area contributed by atoms with Crippen LogP contribution < -0.4 is 10.1 Å². The quantitative estimate of drug-likeness (QED) is 0.224. The van der Waals surface area contributed by atoms with Gasteiger partial charge in [-0.2, -0.15) is 0 Å². The Bertz CT molecular complexity index is 595. The van der Waals surface area contributed by atoms with Crippen LogP contribution in [0.25, 0.3) is 0 Å². The Morgan fingerprint density at radius 1 is 1.11 bits per heavy atom. The van der Waals surface area contributed by atoms with Gasteiger partial charge in [0.15, 0.2) is 5.75 Å². The molecular weight excluding hydrogens is 360 g/mol. The van der Waals surface area contributed by atoms with Gasteiger partial charge in [-0.25, -0.2) is 9.59 Å². The fourth-order valence-electron chi connectivity index (χ4n) is 1.89. The molecule has 1 rings (SSSR count). The van der Waals surface area contributed by atoms with Gasteiger partial charge in [0.05, 0.1) is 11.5 Å². The van der Waals surface area contributed by atoms with Crippen LogP contribution in [0.3, 0.4) is 0 Å². The second-order valence-corrected chi connectivity index (χ2v) is 5.49. The van der Waals surface area contributed by atoms with Gasteiger partial charge in [-0.05, 0) is 50.9 Å². The number of carboxylic acid groups (broad SMARTS) is 2. The number of hydrogen-bond donors (Lipinski definition) is 3. The average molecular weight is 386 g/mol. The van der Waals surface area contributed by atoms with Crippen molar-refractivity contribution >= 4 is 17.6 Å². The van der Waals surface area contributed by atoms with E-state index in [0.29, 0.717) is 12.4 Å². The number of nitrogens with one attached hydrogen (secondary N) is 1. The first-order chi connectivity index (χ1) is 12.8. The van der Waals surface area contributed by atoms with Crippen LogP contribution >= 0.6 is 0 Å². The molecule has 0 saturated heterocycles. The molecule has 0 saturated carbocycles. The number of nitro groups is 1. The maximum Gasteiger partial charge on any atom is 0.414 e. The molecule has 0 aliphatic heterocycles. The molecule has 0 aromatic heterocycles. The minimum atomic E-state index is -1.82. The van der Waals surface area contributed by atoms with Crippen molar-refractivity contribution in [3.8, 4) is 5.75 Å². The number of aliphatic carboxylic acids is 2. The number of unbranched alkanes of at least 4 members (excludes halogenated alkanes) is 1. The van der Waals surface area contributed by atoms with Crippen LogP contribution in [0.1, 0.15) is 24.8 Å². The number of nitro benzene ring substituents is 1. The minimum absolute atomic E-state index is 0.0349. The van der Waals surface area contributed by atoms with E-state index in [1.807, 2.05) is 13.0 Å². The molecule has 1 aromatic carbocycles. The van der Waals surface area contributed by atoms with Crippen LogP contribution in [0.2, 0.25) is 0 Å². The third kappa shape index (κ3) is 12.3. The summed E-state index contributed by atoms with van der Waals surface area (Å²) in [5.74, 6) is -3.30. The Labute approximate surface area is 157 Å². The molecule has 0 fully saturated rings. The molecule has 0 radical (unpaired) electrons. The van der Waals surface area contributed by atoms with E-state index in [9.17, 15) is 10.1 Å². The van der Waals surface area contributed by atoms with E-state index < -0.39 is 16.9 Å². The summed E-state index contributed by atoms with van der Waals surface area (Å²) in [6, 6.07) is 5.02. The number of ether oxygens (including phenoxy) is 2. The monoisotopic (exact) mass is 386 g/mol. The first-order valence-corrected chi connectivity index (χ1v) is 8.33. The summed E-state index contributed by atoms with van der Waals surface area (Å²) in [7, 11) is 1.70. The highest BCUT2D eigenvalue weighted by Crippen LogP contribution is 2.27. The lowest BCUT2D eigenvalue weighted by molar-refractivity contribution is -0.385. The zero-order valence-corrected chi connectivity index (χ0v) is 15.5. The summed E-state index contributed by atoms with van der Waals surface area (Å²) in [5.41, 5.74) is 0.891. The molecule has 10 heteroatoms. The number of nitrogens with zero attached hydrogens (tertiary/aromatic N) is 1. The van der Waals surface area contributed by atoms with Crippen LogP contribution in [-0.4, -0.2) is 60.5 Å². The molecule has 0 heterocycles. The van der Waals surface area contributed by atoms with E-state index >= 15 is 0 Å². The fraction of sp³-hybridized carbons (Fsp3) is 0.529. The van der Waals surface area contributed by atoms with Crippen molar-refractivity contribution in [1.82, 2.24) is 5.32 Å². The third-order valence-corrected chi connectivity index (χ3v) is 3.20. The third-order valence-electron chi connectivity index (χ3n) is 3.20. The fourth-order valence-corrected chi connectivity index (χ4v) is 1.89. The Balaban J connectivity index is 0.000000972. The summed E-state index contributed by atoms with van der Waals surface area (Å²) in [6.45, 7) is 4.95. The summed E-state index contributed by atoms with van der Waals surface area (Å²) < 4.78 is 10.5. The number of carbonyl (C=O) groups is 2. The first-order valence-electron chi connectivity index (χ1n) is 8.33. The molecule has 0 unspecified atom stereocenters. The Morgan fingerprint density at radius 2 is 1.74 bits per heavy atom. The molecular formula is C17H26N2O8. The summed E-state index contributed by atoms with van der Waals surface area (Å²) >= 11 is 0. The van der Waals surface area contributed by atoms with Gasteiger partial charge in [-0.3, -0.25) is 10.1 Å². The molecule has 0 spiro atoms. The van der Waals surface area contributed by atoms with Crippen LogP contribution in [0.15, 0.2) is 18.2 Å².